The maximum absolute atomic E-state index is 13.5. The number of rotatable bonds is 8. The van der Waals surface area contributed by atoms with E-state index >= 15 is 0 Å². The summed E-state index contributed by atoms with van der Waals surface area (Å²) in [6.07, 6.45) is 0. The van der Waals surface area contributed by atoms with E-state index in [0.717, 1.165) is 16.7 Å². The van der Waals surface area contributed by atoms with Crippen molar-refractivity contribution in [1.82, 2.24) is 4.90 Å². The van der Waals surface area contributed by atoms with Gasteiger partial charge in [0.1, 0.15) is 23.0 Å². The lowest BCUT2D eigenvalue weighted by Gasteiger charge is -2.26. The highest BCUT2D eigenvalue weighted by molar-refractivity contribution is 6.46. The molecule has 7 nitrogen and oxygen atoms in total. The third kappa shape index (κ3) is 4.89. The fraction of sp³-hybridized carbons (Fsp3) is 0.267. The first-order valence-electron chi connectivity index (χ1n) is 12.1. The highest BCUT2D eigenvalue weighted by atomic mass is 16.5. The Morgan fingerprint density at radius 1 is 0.919 bits per heavy atom. The number of likely N-dealkylation sites (tertiary alicyclic amines) is 1. The number of methoxy groups -OCH3 is 2. The average Bonchev–Trinajstić information content (AvgIpc) is 3.15. The molecule has 1 N–H and O–H groups in total. The van der Waals surface area contributed by atoms with Crippen molar-refractivity contribution in [3.05, 3.63) is 94.1 Å². The predicted octanol–water partition coefficient (Wildman–Crippen LogP) is 5.34. The Morgan fingerprint density at radius 2 is 1.59 bits per heavy atom. The van der Waals surface area contributed by atoms with Crippen molar-refractivity contribution < 1.29 is 28.9 Å². The van der Waals surface area contributed by atoms with E-state index in [-0.39, 0.29) is 17.9 Å². The van der Waals surface area contributed by atoms with Crippen LogP contribution in [-0.2, 0) is 16.1 Å². The number of carbonyl (C=O) groups excluding carboxylic acids is 2. The lowest BCUT2D eigenvalue weighted by atomic mass is 9.93. The normalized spacial score (nSPS) is 16.7. The van der Waals surface area contributed by atoms with Gasteiger partial charge in [-0.25, -0.2) is 0 Å². The molecule has 1 heterocycles. The van der Waals surface area contributed by atoms with Crippen LogP contribution in [0.15, 0.2) is 66.2 Å². The number of nitrogens with zero attached hydrogens (tertiary/aromatic N) is 1. The first-order valence-corrected chi connectivity index (χ1v) is 12.1. The zero-order valence-electron chi connectivity index (χ0n) is 21.7. The third-order valence-corrected chi connectivity index (χ3v) is 6.58. The van der Waals surface area contributed by atoms with Gasteiger partial charge in [-0.2, -0.15) is 0 Å². The Morgan fingerprint density at radius 3 is 2.24 bits per heavy atom. The van der Waals surface area contributed by atoms with E-state index in [1.807, 2.05) is 51.1 Å². The Bertz CT molecular complexity index is 1360. The fourth-order valence-corrected chi connectivity index (χ4v) is 4.73. The van der Waals surface area contributed by atoms with Crippen LogP contribution >= 0.6 is 0 Å². The number of ketones is 1. The molecule has 0 spiro atoms. The van der Waals surface area contributed by atoms with E-state index in [1.54, 1.807) is 44.6 Å². The molecule has 4 rings (SSSR count). The molecule has 37 heavy (non-hydrogen) atoms. The molecule has 1 saturated heterocycles. The van der Waals surface area contributed by atoms with Crippen molar-refractivity contribution >= 4 is 17.4 Å². The number of amides is 1. The van der Waals surface area contributed by atoms with Gasteiger partial charge in [-0.05, 0) is 67.8 Å². The van der Waals surface area contributed by atoms with E-state index in [0.29, 0.717) is 35.0 Å². The van der Waals surface area contributed by atoms with Crippen molar-refractivity contribution in [2.24, 2.45) is 0 Å². The number of hydrogen-bond donors (Lipinski definition) is 1. The predicted molar refractivity (Wildman–Crippen MR) is 141 cm³/mol. The number of para-hydroxylation sites is 1. The molecule has 1 fully saturated rings. The molecule has 0 aromatic heterocycles. The van der Waals surface area contributed by atoms with Crippen LogP contribution in [0.4, 0.5) is 0 Å². The molecular formula is C30H31NO6. The van der Waals surface area contributed by atoms with Crippen molar-refractivity contribution in [2.45, 2.75) is 33.4 Å². The van der Waals surface area contributed by atoms with Crippen LogP contribution in [0.3, 0.4) is 0 Å². The number of aliphatic hydroxyl groups is 1. The second kappa shape index (κ2) is 10.8. The molecule has 1 amide bonds. The van der Waals surface area contributed by atoms with Crippen LogP contribution in [0.5, 0.6) is 17.2 Å². The van der Waals surface area contributed by atoms with E-state index in [1.165, 1.54) is 4.90 Å². The number of aryl methyl sites for hydroxylation is 2. The summed E-state index contributed by atoms with van der Waals surface area (Å²) < 4.78 is 16.5. The fourth-order valence-electron chi connectivity index (χ4n) is 4.73. The zero-order valence-corrected chi connectivity index (χ0v) is 21.7. The number of ether oxygens (including phenoxy) is 3. The Hall–Kier alpha value is -4.26. The number of carbonyl (C=O) groups is 2. The SMILES string of the molecule is CCOc1ccc(C2/C(=C(\O)c3cc(C)c(OC)cc3C)C(=O)C(=O)N2Cc2ccccc2OC)cc1. The molecule has 3 aromatic carbocycles. The monoisotopic (exact) mass is 501 g/mol. The van der Waals surface area contributed by atoms with Crippen molar-refractivity contribution in [1.29, 1.82) is 0 Å². The van der Waals surface area contributed by atoms with Crippen LogP contribution in [0.25, 0.3) is 5.76 Å². The van der Waals surface area contributed by atoms with Crippen molar-refractivity contribution in [3.63, 3.8) is 0 Å². The topological polar surface area (TPSA) is 85.3 Å². The summed E-state index contributed by atoms with van der Waals surface area (Å²) in [4.78, 5) is 28.3. The zero-order chi connectivity index (χ0) is 26.7. The van der Waals surface area contributed by atoms with Crippen LogP contribution in [0, 0.1) is 13.8 Å². The molecule has 1 aliphatic heterocycles. The summed E-state index contributed by atoms with van der Waals surface area (Å²) >= 11 is 0. The van der Waals surface area contributed by atoms with E-state index < -0.39 is 17.7 Å². The lowest BCUT2D eigenvalue weighted by molar-refractivity contribution is -0.140. The van der Waals surface area contributed by atoms with Crippen molar-refractivity contribution in [2.75, 3.05) is 20.8 Å². The van der Waals surface area contributed by atoms with Gasteiger partial charge in [0.2, 0.25) is 0 Å². The molecule has 1 aliphatic rings. The van der Waals surface area contributed by atoms with Crippen LogP contribution in [-0.4, -0.2) is 42.5 Å². The smallest absolute Gasteiger partial charge is 0.295 e. The first kappa shape index (κ1) is 25.8. The molecule has 192 valence electrons. The molecular weight excluding hydrogens is 470 g/mol. The maximum Gasteiger partial charge on any atom is 0.295 e. The number of Topliss-reactive ketones (excluding diaryl/α,β-unsaturated/α-hetero) is 1. The molecule has 0 radical (unpaired) electrons. The average molecular weight is 502 g/mol. The molecule has 0 bridgehead atoms. The van der Waals surface area contributed by atoms with Gasteiger partial charge in [-0.3, -0.25) is 9.59 Å². The van der Waals surface area contributed by atoms with Crippen LogP contribution in [0.1, 0.15) is 40.8 Å². The highest BCUT2D eigenvalue weighted by Crippen LogP contribution is 2.42. The van der Waals surface area contributed by atoms with Gasteiger partial charge in [0, 0.05) is 11.1 Å². The summed E-state index contributed by atoms with van der Waals surface area (Å²) in [6, 6.07) is 17.3. The minimum absolute atomic E-state index is 0.0386. The van der Waals surface area contributed by atoms with E-state index in [2.05, 4.69) is 0 Å². The van der Waals surface area contributed by atoms with Gasteiger partial charge >= 0.3 is 0 Å². The number of benzene rings is 3. The molecule has 3 aromatic rings. The summed E-state index contributed by atoms with van der Waals surface area (Å²) in [6.45, 7) is 6.23. The van der Waals surface area contributed by atoms with Crippen molar-refractivity contribution in [3.8, 4) is 17.2 Å². The molecule has 1 atom stereocenters. The summed E-state index contributed by atoms with van der Waals surface area (Å²) in [7, 11) is 3.14. The Balaban J connectivity index is 1.89. The first-order chi connectivity index (χ1) is 17.8. The summed E-state index contributed by atoms with van der Waals surface area (Å²) in [5.74, 6) is 0.316. The van der Waals surface area contributed by atoms with Gasteiger partial charge in [0.25, 0.3) is 11.7 Å². The molecule has 1 unspecified atom stereocenters. The Labute approximate surface area is 216 Å². The second-order valence-corrected chi connectivity index (χ2v) is 8.88. The second-order valence-electron chi connectivity index (χ2n) is 8.88. The van der Waals surface area contributed by atoms with E-state index in [9.17, 15) is 14.7 Å². The number of hydrogen-bond acceptors (Lipinski definition) is 6. The van der Waals surface area contributed by atoms with Crippen LogP contribution in [0.2, 0.25) is 0 Å². The van der Waals surface area contributed by atoms with Gasteiger partial charge in [-0.15, -0.1) is 0 Å². The van der Waals surface area contributed by atoms with Gasteiger partial charge in [0.05, 0.1) is 39.0 Å². The minimum atomic E-state index is -0.803. The summed E-state index contributed by atoms with van der Waals surface area (Å²) in [5, 5.41) is 11.5. The maximum atomic E-state index is 13.5. The lowest BCUT2D eigenvalue weighted by Crippen LogP contribution is -2.29. The van der Waals surface area contributed by atoms with Gasteiger partial charge < -0.3 is 24.2 Å². The molecule has 0 saturated carbocycles. The quantitative estimate of drug-likeness (QED) is 0.255. The van der Waals surface area contributed by atoms with E-state index in [4.69, 9.17) is 14.2 Å². The van der Waals surface area contributed by atoms with Crippen LogP contribution < -0.4 is 14.2 Å². The highest BCUT2D eigenvalue weighted by Gasteiger charge is 2.46. The summed E-state index contributed by atoms with van der Waals surface area (Å²) in [5.41, 5.74) is 3.47. The largest absolute Gasteiger partial charge is 0.507 e. The van der Waals surface area contributed by atoms with Gasteiger partial charge in [0.15, 0.2) is 0 Å². The molecule has 7 heteroatoms. The standard InChI is InChI=1S/C30H31NO6/c1-6-37-22-13-11-20(12-14-22)27-26(28(32)23-15-19(3)25(36-5)16-18(23)2)29(33)30(34)31(27)17-21-9-7-8-10-24(21)35-4/h7-16,27,32H,6,17H2,1-5H3/b28-26+. The third-order valence-electron chi connectivity index (χ3n) is 6.58. The Kier molecular flexibility index (Phi) is 7.53. The number of aliphatic hydroxyl groups excluding tert-OH is 1. The minimum Gasteiger partial charge on any atom is -0.507 e. The molecule has 0 aliphatic carbocycles. The van der Waals surface area contributed by atoms with Gasteiger partial charge in [-0.1, -0.05) is 30.3 Å².